The van der Waals surface area contributed by atoms with E-state index < -0.39 is 35.6 Å². The average molecular weight is 558 g/mol. The molecule has 1 fully saturated rings. The van der Waals surface area contributed by atoms with Crippen LogP contribution in [0, 0.1) is 5.92 Å². The molecular weight excluding hydrogens is 509 g/mol. The normalized spacial score (nSPS) is 21.7. The number of carbonyl (C=O) groups is 2. The fraction of sp³-hybridized carbons (Fsp3) is 0.846. The third-order valence-electron chi connectivity index (χ3n) is 6.68. The average Bonchev–Trinajstić information content (AvgIpc) is 3.14. The molecule has 1 aliphatic rings. The third-order valence-corrected chi connectivity index (χ3v) is 20.8. The molecule has 1 amide bonds. The molecule has 6 heteroatoms. The molecule has 1 saturated carbocycles. The van der Waals surface area contributed by atoms with Crippen LogP contribution in [0.5, 0.6) is 0 Å². The summed E-state index contributed by atoms with van der Waals surface area (Å²) in [5, 5.41) is 2.88. The van der Waals surface area contributed by atoms with Gasteiger partial charge in [0.05, 0.1) is 0 Å². The molecule has 5 nitrogen and oxygen atoms in total. The summed E-state index contributed by atoms with van der Waals surface area (Å²) in [6, 6.07) is 0. The number of allylic oxidation sites excluding steroid dienone is 1. The van der Waals surface area contributed by atoms with Crippen LogP contribution in [-0.2, 0) is 14.3 Å². The van der Waals surface area contributed by atoms with E-state index in [0.717, 1.165) is 6.42 Å². The molecule has 1 rings (SSSR count). The minimum absolute atomic E-state index is 0.296. The van der Waals surface area contributed by atoms with E-state index in [2.05, 4.69) is 36.3 Å². The summed E-state index contributed by atoms with van der Waals surface area (Å²) >= 11 is -2.36. The number of hydrogen-bond donors (Lipinski definition) is 1. The number of unbranched alkanes of at least 4 members (excludes halogenated alkanes) is 3. The molecule has 1 aliphatic carbocycles. The zero-order valence-corrected chi connectivity index (χ0v) is 24.7. The molecule has 0 aromatic carbocycles. The third kappa shape index (κ3) is 9.64. The van der Waals surface area contributed by atoms with Gasteiger partial charge in [-0.2, -0.15) is 0 Å². The van der Waals surface area contributed by atoms with Crippen molar-refractivity contribution >= 4 is 30.4 Å². The first-order valence-electron chi connectivity index (χ1n) is 12.8. The summed E-state index contributed by atoms with van der Waals surface area (Å²) in [7, 11) is 1.39. The summed E-state index contributed by atoms with van der Waals surface area (Å²) in [5.74, 6) is -0.0676. The Morgan fingerprint density at radius 2 is 1.56 bits per heavy atom. The molecule has 0 radical (unpaired) electrons. The Bertz CT molecular complexity index is 592. The zero-order chi connectivity index (χ0) is 24.3. The molecule has 0 bridgehead atoms. The van der Waals surface area contributed by atoms with Crippen LogP contribution in [0.25, 0.3) is 0 Å². The second kappa shape index (κ2) is 13.9. The van der Waals surface area contributed by atoms with Crippen LogP contribution >= 0.6 is 0 Å². The van der Waals surface area contributed by atoms with Crippen LogP contribution < -0.4 is 5.32 Å². The molecular formula is C26H49NO4Sn. The molecule has 0 heterocycles. The maximum atomic E-state index is 12.7. The van der Waals surface area contributed by atoms with Crippen molar-refractivity contribution in [1.29, 1.82) is 0 Å². The van der Waals surface area contributed by atoms with Crippen molar-refractivity contribution in [2.24, 2.45) is 5.92 Å². The van der Waals surface area contributed by atoms with Crippen LogP contribution in [0.15, 0.2) is 10.2 Å². The van der Waals surface area contributed by atoms with E-state index in [4.69, 9.17) is 9.47 Å². The topological polar surface area (TPSA) is 64.6 Å². The Balaban J connectivity index is 3.02. The van der Waals surface area contributed by atoms with Crippen LogP contribution in [0.2, 0.25) is 13.3 Å². The van der Waals surface area contributed by atoms with Gasteiger partial charge in [-0.05, 0) is 0 Å². The van der Waals surface area contributed by atoms with Gasteiger partial charge in [-0.1, -0.05) is 0 Å². The van der Waals surface area contributed by atoms with E-state index in [0.29, 0.717) is 18.8 Å². The van der Waals surface area contributed by atoms with Crippen molar-refractivity contribution in [3.05, 3.63) is 10.2 Å². The van der Waals surface area contributed by atoms with Crippen molar-refractivity contribution < 1.29 is 19.1 Å². The Morgan fingerprint density at radius 1 is 1.03 bits per heavy atom. The Morgan fingerprint density at radius 3 is 2.00 bits per heavy atom. The van der Waals surface area contributed by atoms with Crippen molar-refractivity contribution in [2.45, 2.75) is 124 Å². The van der Waals surface area contributed by atoms with Gasteiger partial charge in [-0.25, -0.2) is 0 Å². The number of rotatable bonds is 13. The number of carbonyl (C=O) groups excluding carboxylic acids is 2. The first-order chi connectivity index (χ1) is 15.0. The molecule has 32 heavy (non-hydrogen) atoms. The second-order valence-electron chi connectivity index (χ2n) is 10.7. The van der Waals surface area contributed by atoms with Gasteiger partial charge in [0.2, 0.25) is 0 Å². The van der Waals surface area contributed by atoms with Gasteiger partial charge in [0.1, 0.15) is 0 Å². The summed E-state index contributed by atoms with van der Waals surface area (Å²) in [6.45, 7) is 12.4. The predicted molar refractivity (Wildman–Crippen MR) is 135 cm³/mol. The monoisotopic (exact) mass is 559 g/mol. The number of ether oxygens (including phenoxy) is 2. The fourth-order valence-corrected chi connectivity index (χ4v) is 19.4. The van der Waals surface area contributed by atoms with Gasteiger partial charge in [0.15, 0.2) is 0 Å². The van der Waals surface area contributed by atoms with Gasteiger partial charge in [-0.3, -0.25) is 0 Å². The van der Waals surface area contributed by atoms with Gasteiger partial charge in [-0.15, -0.1) is 0 Å². The van der Waals surface area contributed by atoms with Gasteiger partial charge >= 0.3 is 202 Å². The van der Waals surface area contributed by atoms with E-state index in [1.807, 2.05) is 20.8 Å². The molecule has 1 N–H and O–H groups in total. The molecule has 2 unspecified atom stereocenters. The molecule has 0 aliphatic heterocycles. The Kier molecular flexibility index (Phi) is 12.7. The maximum absolute atomic E-state index is 12.7. The summed E-state index contributed by atoms with van der Waals surface area (Å²) in [5.41, 5.74) is -1.59. The molecule has 2 atom stereocenters. The van der Waals surface area contributed by atoms with Crippen molar-refractivity contribution in [1.82, 2.24) is 5.32 Å². The van der Waals surface area contributed by atoms with Crippen LogP contribution in [0.4, 0.5) is 4.79 Å². The molecule has 0 aromatic heterocycles. The minimum atomic E-state index is -2.36. The fourth-order valence-electron chi connectivity index (χ4n) is 4.84. The van der Waals surface area contributed by atoms with E-state index in [-0.39, 0.29) is 5.97 Å². The first kappa shape index (κ1) is 29.3. The predicted octanol–water partition coefficient (Wildman–Crippen LogP) is 7.17. The number of methoxy groups -OCH3 is 1. The van der Waals surface area contributed by atoms with E-state index in [1.165, 1.54) is 58.9 Å². The SMILES string of the molecule is CCC[CH2][Sn]([CH]=CC1CCC(NC(=O)OC(C)(C)C)(C(=O)OC)C1)([CH2]CCC)[CH2]CCC. The quantitative estimate of drug-likeness (QED) is 0.192. The second-order valence-corrected chi connectivity index (χ2v) is 23.7. The molecule has 0 spiro atoms. The first-order valence-corrected chi connectivity index (χ1v) is 20.5. The van der Waals surface area contributed by atoms with Crippen molar-refractivity contribution in [2.75, 3.05) is 7.11 Å². The van der Waals surface area contributed by atoms with Gasteiger partial charge < -0.3 is 0 Å². The number of amides is 1. The van der Waals surface area contributed by atoms with E-state index in [9.17, 15) is 9.59 Å². The molecule has 0 saturated heterocycles. The van der Waals surface area contributed by atoms with Gasteiger partial charge in [0, 0.05) is 0 Å². The van der Waals surface area contributed by atoms with Crippen LogP contribution in [-0.4, -0.2) is 48.7 Å². The van der Waals surface area contributed by atoms with Crippen molar-refractivity contribution in [3.8, 4) is 0 Å². The zero-order valence-electron chi connectivity index (χ0n) is 21.9. The number of nitrogens with one attached hydrogen (secondary N) is 1. The number of alkyl carbamates (subject to hydrolysis) is 1. The standard InChI is InChI=1S/C14H22NO4.3C4H9.Sn/c1-6-10-7-8-14(9-10,11(16)18-5)15-12(17)19-13(2,3)4;3*1-3-4-2;/h1,6,10H,7-9H2,2-5H3,(H,15,17);3*1,3-4H2,2H3;. The van der Waals surface area contributed by atoms with E-state index >= 15 is 0 Å². The van der Waals surface area contributed by atoms with Crippen LogP contribution in [0.1, 0.15) is 99.3 Å². The van der Waals surface area contributed by atoms with Crippen LogP contribution in [0.3, 0.4) is 0 Å². The summed E-state index contributed by atoms with van der Waals surface area (Å²) in [6.07, 6.45) is 11.8. The number of hydrogen-bond acceptors (Lipinski definition) is 4. The van der Waals surface area contributed by atoms with Crippen molar-refractivity contribution in [3.63, 3.8) is 0 Å². The molecule has 186 valence electrons. The molecule has 0 aromatic rings. The van der Waals surface area contributed by atoms with Gasteiger partial charge in [0.25, 0.3) is 0 Å². The Hall–Kier alpha value is -0.721. The Labute approximate surface area is 201 Å². The summed E-state index contributed by atoms with van der Waals surface area (Å²) in [4.78, 5) is 25.2. The number of esters is 1. The summed E-state index contributed by atoms with van der Waals surface area (Å²) < 4.78 is 17.5. The van der Waals surface area contributed by atoms with E-state index in [1.54, 1.807) is 0 Å².